The van der Waals surface area contributed by atoms with E-state index in [1.165, 1.54) is 6.07 Å². The Bertz CT molecular complexity index is 832. The van der Waals surface area contributed by atoms with Gasteiger partial charge in [0.1, 0.15) is 12.4 Å². The van der Waals surface area contributed by atoms with Gasteiger partial charge in [-0.25, -0.2) is 0 Å². The average Bonchev–Trinajstić information content (AvgIpc) is 2.61. The van der Waals surface area contributed by atoms with Gasteiger partial charge in [-0.15, -0.1) is 0 Å². The predicted molar refractivity (Wildman–Crippen MR) is 96.5 cm³/mol. The maximum absolute atomic E-state index is 13.4. The summed E-state index contributed by atoms with van der Waals surface area (Å²) in [5.74, 6) is -0.528. The smallest absolute Gasteiger partial charge is 0.419 e. The molecule has 0 atom stereocenters. The van der Waals surface area contributed by atoms with Gasteiger partial charge in [-0.1, -0.05) is 19.1 Å². The van der Waals surface area contributed by atoms with Gasteiger partial charge < -0.3 is 15.2 Å². The zero-order chi connectivity index (χ0) is 20.2. The lowest BCUT2D eigenvalue weighted by Gasteiger charge is -2.19. The van der Waals surface area contributed by atoms with Gasteiger partial charge in [0.25, 0.3) is 0 Å². The van der Waals surface area contributed by atoms with Crippen molar-refractivity contribution >= 4 is 11.6 Å². The first-order valence-corrected chi connectivity index (χ1v) is 8.50. The van der Waals surface area contributed by atoms with Crippen LogP contribution in [0.3, 0.4) is 0 Å². The van der Waals surface area contributed by atoms with E-state index in [4.69, 9.17) is 4.74 Å². The van der Waals surface area contributed by atoms with E-state index >= 15 is 0 Å². The number of aliphatic hydroxyl groups excluding tert-OH is 1. The molecule has 0 aromatic heterocycles. The molecule has 1 amide bonds. The van der Waals surface area contributed by atoms with Crippen LogP contribution < -0.4 is 10.1 Å². The minimum atomic E-state index is -4.55. The van der Waals surface area contributed by atoms with Crippen LogP contribution in [0.2, 0.25) is 0 Å². The molecule has 2 N–H and O–H groups in total. The fourth-order valence-corrected chi connectivity index (χ4v) is 2.59. The van der Waals surface area contributed by atoms with Gasteiger partial charge >= 0.3 is 6.18 Å². The number of aliphatic hydroxyl groups is 1. The van der Waals surface area contributed by atoms with E-state index < -0.39 is 11.7 Å². The topological polar surface area (TPSA) is 58.6 Å². The molecule has 27 heavy (non-hydrogen) atoms. The Kier molecular flexibility index (Phi) is 6.49. The SMILES string of the molecule is CCC(=O)Nc1cccc(CO)c1COc1cc(C)c(C)cc1C(F)(F)F. The average molecular weight is 381 g/mol. The fraction of sp³-hybridized carbons (Fsp3) is 0.350. The summed E-state index contributed by atoms with van der Waals surface area (Å²) in [6.07, 6.45) is -4.30. The third-order valence-electron chi connectivity index (χ3n) is 4.31. The van der Waals surface area contributed by atoms with Crippen LogP contribution in [0.15, 0.2) is 30.3 Å². The van der Waals surface area contributed by atoms with Gasteiger partial charge in [0, 0.05) is 17.7 Å². The van der Waals surface area contributed by atoms with E-state index in [1.807, 2.05) is 0 Å². The standard InChI is InChI=1S/C20H22F3NO3/c1-4-19(26)24-17-7-5-6-14(10-25)15(17)11-27-18-9-13(3)12(2)8-16(18)20(21,22)23/h5-9,25H,4,10-11H2,1-3H3,(H,24,26). The van der Waals surface area contributed by atoms with Crippen molar-refractivity contribution in [3.05, 3.63) is 58.1 Å². The summed E-state index contributed by atoms with van der Waals surface area (Å²) in [6.45, 7) is 4.45. The molecule has 2 aromatic rings. The van der Waals surface area contributed by atoms with E-state index in [0.29, 0.717) is 27.9 Å². The van der Waals surface area contributed by atoms with E-state index in [-0.39, 0.29) is 31.3 Å². The number of rotatable bonds is 6. The summed E-state index contributed by atoms with van der Waals surface area (Å²) in [6, 6.07) is 7.31. The minimum Gasteiger partial charge on any atom is -0.488 e. The van der Waals surface area contributed by atoms with Crippen LogP contribution in [0.1, 0.15) is 41.2 Å². The number of alkyl halides is 3. The van der Waals surface area contributed by atoms with Crippen LogP contribution in [0.5, 0.6) is 5.75 Å². The second-order valence-electron chi connectivity index (χ2n) is 6.22. The molecule has 0 radical (unpaired) electrons. The van der Waals surface area contributed by atoms with Crippen molar-refractivity contribution < 1.29 is 27.8 Å². The van der Waals surface area contributed by atoms with E-state index in [2.05, 4.69) is 5.32 Å². The van der Waals surface area contributed by atoms with Crippen molar-refractivity contribution in [2.24, 2.45) is 0 Å². The van der Waals surface area contributed by atoms with Crippen LogP contribution in [0, 0.1) is 13.8 Å². The Balaban J connectivity index is 2.39. The number of anilines is 1. The van der Waals surface area contributed by atoms with Crippen LogP contribution in [-0.2, 0) is 24.2 Å². The van der Waals surface area contributed by atoms with Gasteiger partial charge in [0.15, 0.2) is 0 Å². The van der Waals surface area contributed by atoms with Gasteiger partial charge in [0.2, 0.25) is 5.91 Å². The second-order valence-corrected chi connectivity index (χ2v) is 6.22. The summed E-state index contributed by atoms with van der Waals surface area (Å²) in [7, 11) is 0. The summed E-state index contributed by atoms with van der Waals surface area (Å²) in [5.41, 5.74) is 1.65. The molecule has 2 rings (SSSR count). The maximum atomic E-state index is 13.4. The number of halogens is 3. The molecule has 0 bridgehead atoms. The highest BCUT2D eigenvalue weighted by atomic mass is 19.4. The molecule has 0 spiro atoms. The van der Waals surface area contributed by atoms with Gasteiger partial charge in [-0.3, -0.25) is 4.79 Å². The van der Waals surface area contributed by atoms with Crippen molar-refractivity contribution in [3.63, 3.8) is 0 Å². The third-order valence-corrected chi connectivity index (χ3v) is 4.31. The summed E-state index contributed by atoms with van der Waals surface area (Å²) in [4.78, 5) is 11.7. The normalized spacial score (nSPS) is 11.4. The highest BCUT2D eigenvalue weighted by Gasteiger charge is 2.35. The second kappa shape index (κ2) is 8.43. The number of aryl methyl sites for hydroxylation is 2. The number of ether oxygens (including phenoxy) is 1. The first kappa shape index (κ1) is 20.8. The number of hydrogen-bond acceptors (Lipinski definition) is 3. The molecule has 0 aliphatic rings. The molecular formula is C20H22F3NO3. The molecular weight excluding hydrogens is 359 g/mol. The van der Waals surface area contributed by atoms with Crippen LogP contribution in [0.4, 0.5) is 18.9 Å². The summed E-state index contributed by atoms with van der Waals surface area (Å²) < 4.78 is 45.6. The van der Waals surface area contributed by atoms with E-state index in [9.17, 15) is 23.1 Å². The van der Waals surface area contributed by atoms with Crippen LogP contribution >= 0.6 is 0 Å². The van der Waals surface area contributed by atoms with Gasteiger partial charge in [-0.2, -0.15) is 13.2 Å². The summed E-state index contributed by atoms with van der Waals surface area (Å²) in [5, 5.41) is 12.2. The highest BCUT2D eigenvalue weighted by molar-refractivity contribution is 5.91. The number of hydrogen-bond donors (Lipinski definition) is 2. The van der Waals surface area contributed by atoms with E-state index in [0.717, 1.165) is 6.07 Å². The zero-order valence-electron chi connectivity index (χ0n) is 15.4. The molecule has 7 heteroatoms. The molecule has 0 saturated heterocycles. The molecule has 0 aliphatic heterocycles. The maximum Gasteiger partial charge on any atom is 0.419 e. The van der Waals surface area contributed by atoms with Crippen molar-refractivity contribution in [2.45, 2.75) is 46.6 Å². The molecule has 0 aliphatic carbocycles. The Morgan fingerprint density at radius 2 is 1.85 bits per heavy atom. The molecule has 4 nitrogen and oxygen atoms in total. The third kappa shape index (κ3) is 5.01. The van der Waals surface area contributed by atoms with Crippen molar-refractivity contribution in [3.8, 4) is 5.75 Å². The Hall–Kier alpha value is -2.54. The fourth-order valence-electron chi connectivity index (χ4n) is 2.59. The molecule has 0 heterocycles. The first-order valence-electron chi connectivity index (χ1n) is 8.50. The number of carbonyl (C=O) groups is 1. The van der Waals surface area contributed by atoms with Crippen LogP contribution in [0.25, 0.3) is 0 Å². The predicted octanol–water partition coefficient (Wildman–Crippen LogP) is 4.74. The number of carbonyl (C=O) groups excluding carboxylic acids is 1. The number of amides is 1. The molecule has 0 unspecified atom stereocenters. The minimum absolute atomic E-state index is 0.221. The van der Waals surface area contributed by atoms with Crippen molar-refractivity contribution in [1.82, 2.24) is 0 Å². The number of nitrogens with one attached hydrogen (secondary N) is 1. The molecule has 146 valence electrons. The molecule has 0 saturated carbocycles. The van der Waals surface area contributed by atoms with Crippen molar-refractivity contribution in [2.75, 3.05) is 5.32 Å². The quantitative estimate of drug-likeness (QED) is 0.760. The lowest BCUT2D eigenvalue weighted by Crippen LogP contribution is -2.14. The van der Waals surface area contributed by atoms with Crippen LogP contribution in [-0.4, -0.2) is 11.0 Å². The monoisotopic (exact) mass is 381 g/mol. The Morgan fingerprint density at radius 3 is 2.44 bits per heavy atom. The summed E-state index contributed by atoms with van der Waals surface area (Å²) >= 11 is 0. The molecule has 2 aromatic carbocycles. The van der Waals surface area contributed by atoms with E-state index in [1.54, 1.807) is 39.0 Å². The largest absolute Gasteiger partial charge is 0.488 e. The van der Waals surface area contributed by atoms with Crippen molar-refractivity contribution in [1.29, 1.82) is 0 Å². The lowest BCUT2D eigenvalue weighted by atomic mass is 10.0. The molecule has 0 fully saturated rings. The zero-order valence-corrected chi connectivity index (χ0v) is 15.4. The lowest BCUT2D eigenvalue weighted by molar-refractivity contribution is -0.139. The van der Waals surface area contributed by atoms with Gasteiger partial charge in [0.05, 0.1) is 12.2 Å². The highest BCUT2D eigenvalue weighted by Crippen LogP contribution is 2.38. The Morgan fingerprint density at radius 1 is 1.19 bits per heavy atom. The first-order chi connectivity index (χ1) is 12.7. The Labute approximate surface area is 156 Å². The van der Waals surface area contributed by atoms with Gasteiger partial charge in [-0.05, 0) is 48.7 Å². The number of benzene rings is 2.